The molecule has 112 valence electrons. The van der Waals surface area contributed by atoms with Crippen molar-refractivity contribution < 1.29 is 0 Å². The molecular weight excluding hydrogens is 291 g/mol. The van der Waals surface area contributed by atoms with Crippen LogP contribution in [-0.2, 0) is 0 Å². The maximum absolute atomic E-state index is 6.08. The first-order chi connectivity index (χ1) is 9.56. The number of likely N-dealkylation sites (tertiary alicyclic amines) is 1. The molecule has 0 saturated carbocycles. The third kappa shape index (κ3) is 4.63. The molecule has 1 aliphatic rings. The van der Waals surface area contributed by atoms with Crippen molar-refractivity contribution in [2.45, 2.75) is 45.2 Å². The normalized spacial score (nSPS) is 19.8. The molecule has 2 unspecified atom stereocenters. The highest BCUT2D eigenvalue weighted by atomic mass is 35.5. The fourth-order valence-electron chi connectivity index (χ4n) is 2.89. The Balaban J connectivity index is 1.86. The monoisotopic (exact) mass is 314 g/mol. The molecule has 0 aliphatic carbocycles. The van der Waals surface area contributed by atoms with Gasteiger partial charge in [0.05, 0.1) is 10.0 Å². The van der Waals surface area contributed by atoms with Crippen LogP contribution in [0, 0.1) is 0 Å². The zero-order valence-corrected chi connectivity index (χ0v) is 13.8. The Hall–Kier alpha value is -0.280. The van der Waals surface area contributed by atoms with Crippen molar-refractivity contribution in [1.29, 1.82) is 0 Å². The van der Waals surface area contributed by atoms with E-state index >= 15 is 0 Å². The highest BCUT2D eigenvalue weighted by molar-refractivity contribution is 6.42. The molecule has 4 heteroatoms. The molecular formula is C16H24Cl2N2. The van der Waals surface area contributed by atoms with Crippen molar-refractivity contribution in [2.24, 2.45) is 0 Å². The third-order valence-electron chi connectivity index (χ3n) is 3.96. The fourth-order valence-corrected chi connectivity index (χ4v) is 3.19. The largest absolute Gasteiger partial charge is 0.306 e. The number of rotatable bonds is 5. The van der Waals surface area contributed by atoms with Gasteiger partial charge in [0.25, 0.3) is 0 Å². The van der Waals surface area contributed by atoms with E-state index in [1.54, 1.807) is 0 Å². The highest BCUT2D eigenvalue weighted by Gasteiger charge is 2.15. The molecule has 1 aromatic rings. The Morgan fingerprint density at radius 3 is 2.45 bits per heavy atom. The molecule has 0 bridgehead atoms. The van der Waals surface area contributed by atoms with Crippen LogP contribution in [0.2, 0.25) is 10.0 Å². The van der Waals surface area contributed by atoms with E-state index < -0.39 is 0 Å². The molecule has 2 rings (SSSR count). The van der Waals surface area contributed by atoms with Crippen molar-refractivity contribution in [3.8, 4) is 0 Å². The summed E-state index contributed by atoms with van der Waals surface area (Å²) in [6.07, 6.45) is 4.07. The Morgan fingerprint density at radius 2 is 1.80 bits per heavy atom. The minimum atomic E-state index is 0.282. The van der Waals surface area contributed by atoms with Crippen molar-refractivity contribution >= 4 is 23.2 Å². The van der Waals surface area contributed by atoms with Gasteiger partial charge in [-0.25, -0.2) is 0 Å². The number of benzene rings is 1. The maximum atomic E-state index is 6.08. The van der Waals surface area contributed by atoms with E-state index in [1.165, 1.54) is 37.9 Å². The molecule has 0 aromatic heterocycles. The van der Waals surface area contributed by atoms with Gasteiger partial charge in [0, 0.05) is 18.6 Å². The van der Waals surface area contributed by atoms with Crippen LogP contribution >= 0.6 is 23.2 Å². The van der Waals surface area contributed by atoms with E-state index in [4.69, 9.17) is 23.2 Å². The second-order valence-corrected chi connectivity index (χ2v) is 6.64. The zero-order valence-electron chi connectivity index (χ0n) is 12.3. The Labute approximate surface area is 132 Å². The summed E-state index contributed by atoms with van der Waals surface area (Å²) in [5, 5.41) is 4.89. The zero-order chi connectivity index (χ0) is 14.5. The first kappa shape index (κ1) is 16.1. The summed E-state index contributed by atoms with van der Waals surface area (Å²) in [4.78, 5) is 2.56. The van der Waals surface area contributed by atoms with Gasteiger partial charge in [-0.15, -0.1) is 0 Å². The lowest BCUT2D eigenvalue weighted by Crippen LogP contribution is -2.42. The Morgan fingerprint density at radius 1 is 1.10 bits per heavy atom. The van der Waals surface area contributed by atoms with Gasteiger partial charge in [0.1, 0.15) is 0 Å². The molecule has 0 amide bonds. The molecule has 0 radical (unpaired) electrons. The predicted molar refractivity (Wildman–Crippen MR) is 87.8 cm³/mol. The van der Waals surface area contributed by atoms with E-state index in [2.05, 4.69) is 24.1 Å². The SMILES string of the molecule is CC(CN1CCCCC1)NC(C)c1ccc(Cl)c(Cl)c1. The van der Waals surface area contributed by atoms with Crippen LogP contribution in [0.25, 0.3) is 0 Å². The van der Waals surface area contributed by atoms with E-state index in [9.17, 15) is 0 Å². The molecule has 2 nitrogen and oxygen atoms in total. The number of piperidine rings is 1. The van der Waals surface area contributed by atoms with Gasteiger partial charge in [0.15, 0.2) is 0 Å². The van der Waals surface area contributed by atoms with Gasteiger partial charge in [-0.2, -0.15) is 0 Å². The second kappa shape index (κ2) is 7.65. The quantitative estimate of drug-likeness (QED) is 0.859. The summed E-state index contributed by atoms with van der Waals surface area (Å²) in [5.74, 6) is 0. The Kier molecular flexibility index (Phi) is 6.16. The smallest absolute Gasteiger partial charge is 0.0595 e. The van der Waals surface area contributed by atoms with Gasteiger partial charge in [-0.1, -0.05) is 35.7 Å². The van der Waals surface area contributed by atoms with Gasteiger partial charge in [0.2, 0.25) is 0 Å². The van der Waals surface area contributed by atoms with Gasteiger partial charge in [-0.05, 0) is 57.5 Å². The number of nitrogens with one attached hydrogen (secondary N) is 1. The molecule has 20 heavy (non-hydrogen) atoms. The van der Waals surface area contributed by atoms with Crippen molar-refractivity contribution in [3.63, 3.8) is 0 Å². The molecule has 1 aromatic carbocycles. The number of halogens is 2. The number of hydrogen-bond acceptors (Lipinski definition) is 2. The summed E-state index contributed by atoms with van der Waals surface area (Å²) >= 11 is 12.0. The highest BCUT2D eigenvalue weighted by Crippen LogP contribution is 2.25. The van der Waals surface area contributed by atoms with Gasteiger partial charge in [-0.3, -0.25) is 0 Å². The third-order valence-corrected chi connectivity index (χ3v) is 4.70. The molecule has 1 aliphatic heterocycles. The number of nitrogens with zero attached hydrogens (tertiary/aromatic N) is 1. The van der Waals surface area contributed by atoms with Crippen molar-refractivity contribution in [2.75, 3.05) is 19.6 Å². The summed E-state index contributed by atoms with van der Waals surface area (Å²) in [5.41, 5.74) is 1.19. The van der Waals surface area contributed by atoms with Gasteiger partial charge >= 0.3 is 0 Å². The lowest BCUT2D eigenvalue weighted by atomic mass is 10.1. The van der Waals surface area contributed by atoms with E-state index in [0.29, 0.717) is 16.1 Å². The Bertz CT molecular complexity index is 430. The van der Waals surface area contributed by atoms with E-state index in [0.717, 1.165) is 6.54 Å². The van der Waals surface area contributed by atoms with Crippen molar-refractivity contribution in [3.05, 3.63) is 33.8 Å². The van der Waals surface area contributed by atoms with E-state index in [-0.39, 0.29) is 6.04 Å². The average Bonchev–Trinajstić information content (AvgIpc) is 2.42. The summed E-state index contributed by atoms with van der Waals surface area (Å²) in [7, 11) is 0. The molecule has 1 heterocycles. The summed E-state index contributed by atoms with van der Waals surface area (Å²) in [6, 6.07) is 6.61. The first-order valence-corrected chi connectivity index (χ1v) is 8.25. The maximum Gasteiger partial charge on any atom is 0.0595 e. The van der Waals surface area contributed by atoms with Crippen LogP contribution in [0.15, 0.2) is 18.2 Å². The average molecular weight is 315 g/mol. The lowest BCUT2D eigenvalue weighted by molar-refractivity contribution is 0.205. The molecule has 2 atom stereocenters. The minimum Gasteiger partial charge on any atom is -0.306 e. The first-order valence-electron chi connectivity index (χ1n) is 7.49. The summed E-state index contributed by atoms with van der Waals surface area (Å²) in [6.45, 7) is 8.03. The topological polar surface area (TPSA) is 15.3 Å². The standard InChI is InChI=1S/C16H24Cl2N2/c1-12(11-20-8-4-3-5-9-20)19-13(2)14-6-7-15(17)16(18)10-14/h6-7,10,12-13,19H,3-5,8-9,11H2,1-2H3. The van der Waals surface area contributed by atoms with Crippen LogP contribution in [0.4, 0.5) is 0 Å². The molecule has 1 saturated heterocycles. The van der Waals surface area contributed by atoms with Gasteiger partial charge < -0.3 is 10.2 Å². The molecule has 0 spiro atoms. The van der Waals surface area contributed by atoms with Crippen LogP contribution < -0.4 is 5.32 Å². The summed E-state index contributed by atoms with van der Waals surface area (Å²) < 4.78 is 0. The predicted octanol–water partition coefficient (Wildman–Crippen LogP) is 4.52. The number of hydrogen-bond donors (Lipinski definition) is 1. The fraction of sp³-hybridized carbons (Fsp3) is 0.625. The molecule has 1 fully saturated rings. The van der Waals surface area contributed by atoms with Crippen LogP contribution in [0.1, 0.15) is 44.7 Å². The minimum absolute atomic E-state index is 0.282. The lowest BCUT2D eigenvalue weighted by Gasteiger charge is -2.30. The van der Waals surface area contributed by atoms with E-state index in [1.807, 2.05) is 18.2 Å². The molecule has 1 N–H and O–H groups in total. The second-order valence-electron chi connectivity index (χ2n) is 5.82. The van der Waals surface area contributed by atoms with Crippen molar-refractivity contribution in [1.82, 2.24) is 10.2 Å². The van der Waals surface area contributed by atoms with Crippen LogP contribution in [-0.4, -0.2) is 30.6 Å². The van der Waals surface area contributed by atoms with Crippen LogP contribution in [0.3, 0.4) is 0 Å². The van der Waals surface area contributed by atoms with Crippen LogP contribution in [0.5, 0.6) is 0 Å².